The number of carbonyl (C=O) groups is 1. The summed E-state index contributed by atoms with van der Waals surface area (Å²) in [6.45, 7) is 1.91. The maximum absolute atomic E-state index is 11.7. The van der Waals surface area contributed by atoms with Crippen LogP contribution in [0.5, 0.6) is 0 Å². The third-order valence-electron chi connectivity index (χ3n) is 2.41. The monoisotopic (exact) mass is 327 g/mol. The van der Waals surface area contributed by atoms with Crippen LogP contribution in [-0.4, -0.2) is 20.7 Å². The van der Waals surface area contributed by atoms with Crippen LogP contribution in [0.2, 0.25) is 5.15 Å². The van der Waals surface area contributed by atoms with Crippen molar-refractivity contribution >= 4 is 50.3 Å². The normalized spacial score (nSPS) is 12.4. The summed E-state index contributed by atoms with van der Waals surface area (Å²) in [6, 6.07) is 7.35. The summed E-state index contributed by atoms with van der Waals surface area (Å²) < 4.78 is 0. The van der Waals surface area contributed by atoms with Crippen LogP contribution in [0.15, 0.2) is 24.3 Å². The highest BCUT2D eigenvalue weighted by Crippen LogP contribution is 2.21. The molecule has 0 aliphatic carbocycles. The molecule has 2 aromatic rings. The van der Waals surface area contributed by atoms with Gasteiger partial charge in [0, 0.05) is 0 Å². The van der Waals surface area contributed by atoms with E-state index in [1.165, 1.54) is 0 Å². The molecule has 1 heterocycles. The number of nitrogens with zero attached hydrogens (tertiary/aromatic N) is 2. The van der Waals surface area contributed by atoms with Gasteiger partial charge in [0.25, 0.3) is 0 Å². The van der Waals surface area contributed by atoms with Gasteiger partial charge in [-0.2, -0.15) is 0 Å². The van der Waals surface area contributed by atoms with Crippen molar-refractivity contribution in [3.05, 3.63) is 29.4 Å². The Bertz CT molecular complexity index is 591. The number of para-hydroxylation sites is 2. The third-order valence-corrected chi connectivity index (χ3v) is 3.74. The lowest BCUT2D eigenvalue weighted by atomic mass is 10.3. The maximum Gasteiger partial charge on any atom is 0.239 e. The Labute approximate surface area is 118 Å². The van der Waals surface area contributed by atoms with Crippen LogP contribution in [0.3, 0.4) is 0 Å². The molecule has 1 amide bonds. The number of hydrogen-bond acceptors (Lipinski definition) is 3. The van der Waals surface area contributed by atoms with Crippen LogP contribution >= 0.6 is 27.5 Å². The second-order valence-electron chi connectivity index (χ2n) is 3.72. The lowest BCUT2D eigenvalue weighted by molar-refractivity contribution is -0.115. The van der Waals surface area contributed by atoms with Crippen molar-refractivity contribution in [1.82, 2.24) is 9.97 Å². The maximum atomic E-state index is 11.7. The van der Waals surface area contributed by atoms with Gasteiger partial charge in [-0.05, 0) is 18.6 Å². The summed E-state index contributed by atoms with van der Waals surface area (Å²) in [4.78, 5) is 20.0. The predicted octanol–water partition coefficient (Wildman–Crippen LogP) is 3.40. The zero-order chi connectivity index (χ0) is 13.1. The van der Waals surface area contributed by atoms with E-state index in [-0.39, 0.29) is 15.9 Å². The van der Waals surface area contributed by atoms with Crippen molar-refractivity contribution in [1.29, 1.82) is 0 Å². The average Bonchev–Trinajstić information content (AvgIpc) is 2.38. The summed E-state index contributed by atoms with van der Waals surface area (Å²) in [5, 5.41) is 2.85. The van der Waals surface area contributed by atoms with E-state index in [1.807, 2.05) is 31.2 Å². The van der Waals surface area contributed by atoms with Gasteiger partial charge in [0.2, 0.25) is 5.91 Å². The van der Waals surface area contributed by atoms with Gasteiger partial charge in [0.05, 0.1) is 15.9 Å². The number of carbonyl (C=O) groups excluding carboxylic acids is 1. The molecular weight excluding hydrogens is 318 g/mol. The van der Waals surface area contributed by atoms with Crippen LogP contribution in [0.25, 0.3) is 11.0 Å². The number of anilines is 1. The molecule has 0 fully saturated rings. The van der Waals surface area contributed by atoms with Crippen molar-refractivity contribution in [3.63, 3.8) is 0 Å². The van der Waals surface area contributed by atoms with E-state index < -0.39 is 0 Å². The van der Waals surface area contributed by atoms with Crippen molar-refractivity contribution in [2.24, 2.45) is 0 Å². The largest absolute Gasteiger partial charge is 0.307 e. The number of rotatable bonds is 3. The van der Waals surface area contributed by atoms with Gasteiger partial charge in [-0.3, -0.25) is 4.79 Å². The minimum Gasteiger partial charge on any atom is -0.307 e. The summed E-state index contributed by atoms with van der Waals surface area (Å²) in [5.41, 5.74) is 1.39. The van der Waals surface area contributed by atoms with Gasteiger partial charge in [-0.25, -0.2) is 9.97 Å². The fourth-order valence-corrected chi connectivity index (χ4v) is 1.73. The molecule has 1 unspecified atom stereocenters. The number of aromatic nitrogens is 2. The molecule has 0 spiro atoms. The van der Waals surface area contributed by atoms with Crippen LogP contribution < -0.4 is 5.32 Å². The number of hydrogen-bond donors (Lipinski definition) is 1. The molecule has 94 valence electrons. The second kappa shape index (κ2) is 5.63. The SMILES string of the molecule is CCC(Br)C(=O)Nc1nc2ccccc2nc1Cl. The smallest absolute Gasteiger partial charge is 0.239 e. The van der Waals surface area contributed by atoms with Crippen molar-refractivity contribution in [2.75, 3.05) is 5.32 Å². The average molecular weight is 329 g/mol. The number of fused-ring (bicyclic) bond motifs is 1. The minimum atomic E-state index is -0.262. The predicted molar refractivity (Wildman–Crippen MR) is 76.2 cm³/mol. The molecule has 4 nitrogen and oxygen atoms in total. The Morgan fingerprint density at radius 1 is 1.39 bits per heavy atom. The number of nitrogens with one attached hydrogen (secondary N) is 1. The molecule has 1 N–H and O–H groups in total. The van der Waals surface area contributed by atoms with Crippen LogP contribution in [0.1, 0.15) is 13.3 Å². The molecule has 2 rings (SSSR count). The highest BCUT2D eigenvalue weighted by atomic mass is 79.9. The molecular formula is C12H11BrClN3O. The van der Waals surface area contributed by atoms with Gasteiger partial charge in [-0.15, -0.1) is 0 Å². The van der Waals surface area contributed by atoms with E-state index in [4.69, 9.17) is 11.6 Å². The van der Waals surface area contributed by atoms with Gasteiger partial charge >= 0.3 is 0 Å². The fraction of sp³-hybridized carbons (Fsp3) is 0.250. The van der Waals surface area contributed by atoms with Crippen molar-refractivity contribution < 1.29 is 4.79 Å². The van der Waals surface area contributed by atoms with Crippen molar-refractivity contribution in [2.45, 2.75) is 18.2 Å². The first-order valence-corrected chi connectivity index (χ1v) is 6.78. The Morgan fingerprint density at radius 3 is 2.61 bits per heavy atom. The molecule has 0 aliphatic heterocycles. The zero-order valence-electron chi connectivity index (χ0n) is 9.65. The molecule has 0 bridgehead atoms. The fourth-order valence-electron chi connectivity index (χ4n) is 1.44. The van der Waals surface area contributed by atoms with Crippen LogP contribution in [0.4, 0.5) is 5.82 Å². The van der Waals surface area contributed by atoms with E-state index in [0.717, 1.165) is 0 Å². The molecule has 18 heavy (non-hydrogen) atoms. The Hall–Kier alpha value is -1.20. The van der Waals surface area contributed by atoms with Gasteiger partial charge in [0.1, 0.15) is 0 Å². The number of benzene rings is 1. The first kappa shape index (κ1) is 13.2. The molecule has 1 atom stereocenters. The second-order valence-corrected chi connectivity index (χ2v) is 5.18. The Morgan fingerprint density at radius 2 is 2.00 bits per heavy atom. The summed E-state index contributed by atoms with van der Waals surface area (Å²) >= 11 is 9.26. The standard InChI is InChI=1S/C12H11BrClN3O/c1-2-7(13)12(18)17-11-10(14)15-8-5-3-4-6-9(8)16-11/h3-7H,2H2,1H3,(H,16,17,18). The Balaban J connectivity index is 2.33. The summed E-state index contributed by atoms with van der Waals surface area (Å²) in [6.07, 6.45) is 0.685. The van der Waals surface area contributed by atoms with E-state index in [2.05, 4.69) is 31.2 Å². The van der Waals surface area contributed by atoms with Crippen molar-refractivity contribution in [3.8, 4) is 0 Å². The molecule has 1 aromatic heterocycles. The molecule has 0 radical (unpaired) electrons. The van der Waals surface area contributed by atoms with E-state index in [0.29, 0.717) is 23.3 Å². The van der Waals surface area contributed by atoms with E-state index >= 15 is 0 Å². The van der Waals surface area contributed by atoms with Crippen LogP contribution in [-0.2, 0) is 4.79 Å². The molecule has 6 heteroatoms. The number of alkyl halides is 1. The van der Waals surface area contributed by atoms with Crippen LogP contribution in [0, 0.1) is 0 Å². The molecule has 0 aliphatic rings. The molecule has 0 saturated carbocycles. The Kier molecular flexibility index (Phi) is 4.14. The molecule has 0 saturated heterocycles. The highest BCUT2D eigenvalue weighted by molar-refractivity contribution is 9.10. The first-order chi connectivity index (χ1) is 8.61. The van der Waals surface area contributed by atoms with E-state index in [9.17, 15) is 4.79 Å². The van der Waals surface area contributed by atoms with Gasteiger partial charge in [-0.1, -0.05) is 46.6 Å². The number of amides is 1. The van der Waals surface area contributed by atoms with Gasteiger partial charge < -0.3 is 5.32 Å². The number of halogens is 2. The quantitative estimate of drug-likeness (QED) is 0.879. The lowest BCUT2D eigenvalue weighted by Gasteiger charge is -2.09. The highest BCUT2D eigenvalue weighted by Gasteiger charge is 2.15. The third kappa shape index (κ3) is 2.79. The van der Waals surface area contributed by atoms with E-state index in [1.54, 1.807) is 0 Å². The lowest BCUT2D eigenvalue weighted by Crippen LogP contribution is -2.23. The molecule has 1 aromatic carbocycles. The first-order valence-electron chi connectivity index (χ1n) is 5.49. The van der Waals surface area contributed by atoms with Gasteiger partial charge in [0.15, 0.2) is 11.0 Å². The zero-order valence-corrected chi connectivity index (χ0v) is 12.0. The summed E-state index contributed by atoms with van der Waals surface area (Å²) in [5.74, 6) is 0.113. The summed E-state index contributed by atoms with van der Waals surface area (Å²) in [7, 11) is 0. The minimum absolute atomic E-state index is 0.177. The topological polar surface area (TPSA) is 54.9 Å².